The summed E-state index contributed by atoms with van der Waals surface area (Å²) in [5.41, 5.74) is 4.70. The topological polar surface area (TPSA) is 231 Å². The van der Waals surface area contributed by atoms with E-state index in [1.165, 1.54) is 42.0 Å². The van der Waals surface area contributed by atoms with Crippen molar-refractivity contribution < 1.29 is 66.8 Å². The van der Waals surface area contributed by atoms with Crippen LogP contribution in [0.15, 0.2) is 85.2 Å². The summed E-state index contributed by atoms with van der Waals surface area (Å²) in [6, 6.07) is 16.9. The predicted octanol–water partition coefficient (Wildman–Crippen LogP) is 7.65. The molecule has 4 aromatic rings. The zero-order valence-corrected chi connectivity index (χ0v) is 53.1. The number of hydrogen-bond acceptors (Lipinski definition) is 16. The van der Waals surface area contributed by atoms with Crippen LogP contribution in [0, 0.1) is 23.7 Å². The van der Waals surface area contributed by atoms with Gasteiger partial charge in [0.05, 0.1) is 14.2 Å². The summed E-state index contributed by atoms with van der Waals surface area (Å²) in [5, 5.41) is 0. The van der Waals surface area contributed by atoms with Crippen LogP contribution in [0.2, 0.25) is 0 Å². The van der Waals surface area contributed by atoms with Crippen molar-refractivity contribution in [3.8, 4) is 11.8 Å². The Morgan fingerprint density at radius 3 is 0.953 bits per heavy atom. The van der Waals surface area contributed by atoms with Crippen LogP contribution in [0.4, 0.5) is 0 Å². The van der Waals surface area contributed by atoms with Crippen LogP contribution in [-0.2, 0) is 83.0 Å². The quantitative estimate of drug-likeness (QED) is 0.0688. The standard InChI is InChI=1S/C66H90N6O14/c1-39(2)31-51-63(77)83-43(9)59(73)69(11)54(34-42(7)8)66(80)86-56(38-48-27-23-46(24-28-48)36-50-20-18-30-68-58(50)82-16)62(76)72(14)52(32-40(3)4)64(78)84-44(10)60(74)70(12)53(33-41(5)6)65(79)85-55(61(75)71(51)13)37-47-25-21-45(22-26-47)35-49-19-17-29-67-57(49)81-15/h17-30,39-44,51-56H,31-38H2,1-16H3/t43-,44-,51+,52+,53+,54+,55-,56-/m1/s1. The SMILES string of the molecule is COc1ncccc1Cc1ccc(C[C@H]2OC(=O)[C@H](CC(C)C)N(C)C(=O)[C@@H](C)OC(=O)[C@H](CC(C)C)N(C)C(=O)[C@@H](Cc3ccc(Cc4cccnc4OC)cc3)OC(=O)[C@H](CC(C)C)N(C)C(=O)[C@@H](C)OC(=O)[C@H](CC(C)C)N(C)C2=O)cc1. The summed E-state index contributed by atoms with van der Waals surface area (Å²) >= 11 is 0. The number of ether oxygens (including phenoxy) is 6. The Morgan fingerprint density at radius 2 is 0.674 bits per heavy atom. The number of cyclic esters (lactones) is 4. The molecule has 0 N–H and O–H groups in total. The summed E-state index contributed by atoms with van der Waals surface area (Å²) in [6.07, 6.45) is -1.89. The van der Waals surface area contributed by atoms with Gasteiger partial charge in [0, 0.05) is 77.4 Å². The number of hydrogen-bond donors (Lipinski definition) is 0. The summed E-state index contributed by atoms with van der Waals surface area (Å²) in [5.74, 6) is -6.61. The van der Waals surface area contributed by atoms with Crippen LogP contribution in [0.1, 0.15) is 128 Å². The first kappa shape index (κ1) is 68.9. The Labute approximate surface area is 507 Å². The second-order valence-electron chi connectivity index (χ2n) is 24.1. The number of aromatic nitrogens is 2. The van der Waals surface area contributed by atoms with Gasteiger partial charge < -0.3 is 48.0 Å². The minimum atomic E-state index is -1.55. The molecular formula is C66H90N6O14. The third-order valence-corrected chi connectivity index (χ3v) is 15.2. The van der Waals surface area contributed by atoms with E-state index in [1.54, 1.807) is 50.9 Å². The highest BCUT2D eigenvalue weighted by molar-refractivity contribution is 5.94. The third-order valence-electron chi connectivity index (χ3n) is 15.2. The molecule has 1 saturated heterocycles. The monoisotopic (exact) mass is 1190 g/mol. The van der Waals surface area contributed by atoms with E-state index in [4.69, 9.17) is 28.4 Å². The largest absolute Gasteiger partial charge is 0.481 e. The highest BCUT2D eigenvalue weighted by Crippen LogP contribution is 2.26. The number of rotatable bonds is 18. The Bertz CT molecular complexity index is 2740. The normalized spacial score (nSPS) is 22.3. The molecule has 8 atom stereocenters. The second-order valence-corrected chi connectivity index (χ2v) is 24.1. The van der Waals surface area contributed by atoms with Crippen LogP contribution in [-0.4, -0.2) is 168 Å². The van der Waals surface area contributed by atoms with Crippen molar-refractivity contribution in [3.63, 3.8) is 0 Å². The summed E-state index contributed by atoms with van der Waals surface area (Å²) in [4.78, 5) is 131. The van der Waals surface area contributed by atoms with E-state index in [9.17, 15) is 28.8 Å². The van der Waals surface area contributed by atoms with Crippen LogP contribution >= 0.6 is 0 Å². The molecule has 3 heterocycles. The molecule has 0 radical (unpaired) electrons. The van der Waals surface area contributed by atoms with Gasteiger partial charge in [0.2, 0.25) is 11.8 Å². The minimum Gasteiger partial charge on any atom is -0.481 e. The number of methoxy groups -OCH3 is 2. The first-order chi connectivity index (χ1) is 40.6. The summed E-state index contributed by atoms with van der Waals surface area (Å²) < 4.78 is 35.2. The highest BCUT2D eigenvalue weighted by atomic mass is 16.6. The molecule has 0 spiro atoms. The molecule has 468 valence electrons. The molecule has 1 aliphatic heterocycles. The number of amides is 4. The number of esters is 4. The van der Waals surface area contributed by atoms with Gasteiger partial charge in [-0.05, 0) is 97.6 Å². The van der Waals surface area contributed by atoms with Crippen LogP contribution < -0.4 is 9.47 Å². The molecule has 1 aliphatic rings. The lowest BCUT2D eigenvalue weighted by molar-refractivity contribution is -0.176. The molecule has 2 aromatic heterocycles. The third kappa shape index (κ3) is 19.1. The van der Waals surface area contributed by atoms with Crippen molar-refractivity contribution in [1.82, 2.24) is 29.6 Å². The number of likely N-dealkylation sites (N-methyl/N-ethyl adjacent to an activating group) is 4. The maximum absolute atomic E-state index is 15.1. The highest BCUT2D eigenvalue weighted by Gasteiger charge is 2.43. The average molecular weight is 1190 g/mol. The molecule has 86 heavy (non-hydrogen) atoms. The van der Waals surface area contributed by atoms with Gasteiger partial charge >= 0.3 is 23.9 Å². The van der Waals surface area contributed by atoms with Gasteiger partial charge in [-0.3, -0.25) is 19.2 Å². The molecule has 20 nitrogen and oxygen atoms in total. The number of pyridine rings is 2. The fourth-order valence-corrected chi connectivity index (χ4v) is 10.4. The number of carbonyl (C=O) groups excluding carboxylic acids is 8. The van der Waals surface area contributed by atoms with Gasteiger partial charge in [0.25, 0.3) is 23.6 Å². The number of nitrogens with zero attached hydrogens (tertiary/aromatic N) is 6. The molecule has 5 rings (SSSR count). The Balaban J connectivity index is 1.59. The van der Waals surface area contributed by atoms with Gasteiger partial charge in [0.1, 0.15) is 24.2 Å². The van der Waals surface area contributed by atoms with Gasteiger partial charge in [-0.1, -0.05) is 116 Å². The van der Waals surface area contributed by atoms with Crippen LogP contribution in [0.3, 0.4) is 0 Å². The zero-order chi connectivity index (χ0) is 63.7. The molecule has 2 aromatic carbocycles. The number of benzene rings is 2. The van der Waals surface area contributed by atoms with E-state index < -0.39 is 96.1 Å². The van der Waals surface area contributed by atoms with Gasteiger partial charge in [0.15, 0.2) is 24.4 Å². The van der Waals surface area contributed by atoms with E-state index >= 15 is 9.59 Å². The summed E-state index contributed by atoms with van der Waals surface area (Å²) in [7, 11) is 8.64. The van der Waals surface area contributed by atoms with Crippen LogP contribution in [0.5, 0.6) is 11.8 Å². The van der Waals surface area contributed by atoms with Crippen molar-refractivity contribution >= 4 is 47.5 Å². The molecule has 20 heteroatoms. The van der Waals surface area contributed by atoms with Gasteiger partial charge in [-0.15, -0.1) is 0 Å². The van der Waals surface area contributed by atoms with Gasteiger partial charge in [-0.25, -0.2) is 29.1 Å². The molecule has 0 unspecified atom stereocenters. The Kier molecular flexibility index (Phi) is 25.6. The maximum atomic E-state index is 15.1. The molecule has 1 fully saturated rings. The molecule has 0 aliphatic carbocycles. The van der Waals surface area contributed by atoms with E-state index in [2.05, 4.69) is 9.97 Å². The van der Waals surface area contributed by atoms with Crippen molar-refractivity contribution in [2.24, 2.45) is 23.7 Å². The smallest absolute Gasteiger partial charge is 0.329 e. The van der Waals surface area contributed by atoms with Crippen molar-refractivity contribution in [1.29, 1.82) is 0 Å². The lowest BCUT2D eigenvalue weighted by Crippen LogP contribution is -2.55. The second kappa shape index (κ2) is 32.0. The lowest BCUT2D eigenvalue weighted by atomic mass is 9.99. The molecule has 0 bridgehead atoms. The summed E-state index contributed by atoms with van der Waals surface area (Å²) in [6.45, 7) is 17.5. The van der Waals surface area contributed by atoms with E-state index in [0.29, 0.717) is 35.7 Å². The van der Waals surface area contributed by atoms with E-state index in [0.717, 1.165) is 41.9 Å². The lowest BCUT2D eigenvalue weighted by Gasteiger charge is -2.35. The molecule has 0 saturated carbocycles. The maximum Gasteiger partial charge on any atom is 0.329 e. The predicted molar refractivity (Wildman–Crippen MR) is 322 cm³/mol. The molecular weight excluding hydrogens is 1100 g/mol. The van der Waals surface area contributed by atoms with Crippen molar-refractivity contribution in [3.05, 3.63) is 119 Å². The van der Waals surface area contributed by atoms with Crippen molar-refractivity contribution in [2.75, 3.05) is 42.4 Å². The average Bonchev–Trinajstić information content (AvgIpc) is 3.47. The van der Waals surface area contributed by atoms with Crippen molar-refractivity contribution in [2.45, 2.75) is 169 Å². The van der Waals surface area contributed by atoms with Crippen LogP contribution in [0.25, 0.3) is 0 Å². The Morgan fingerprint density at radius 1 is 0.407 bits per heavy atom. The zero-order valence-electron chi connectivity index (χ0n) is 53.1. The van der Waals surface area contributed by atoms with Gasteiger partial charge in [-0.2, -0.15) is 0 Å². The fourth-order valence-electron chi connectivity index (χ4n) is 10.4. The minimum absolute atomic E-state index is 0.0704. The molecule has 4 amide bonds. The van der Waals surface area contributed by atoms with E-state index in [1.807, 2.05) is 104 Å². The Hall–Kier alpha value is -7.90. The van der Waals surface area contributed by atoms with E-state index in [-0.39, 0.29) is 62.2 Å². The number of carbonyl (C=O) groups is 8. The fraction of sp³-hybridized carbons (Fsp3) is 0.545. The first-order valence-corrected chi connectivity index (χ1v) is 29.6. The first-order valence-electron chi connectivity index (χ1n) is 29.6.